The summed E-state index contributed by atoms with van der Waals surface area (Å²) in [6.07, 6.45) is 3.37. The van der Waals surface area contributed by atoms with Crippen molar-refractivity contribution in [3.63, 3.8) is 0 Å². The van der Waals surface area contributed by atoms with Gasteiger partial charge in [0.1, 0.15) is 11.6 Å². The minimum atomic E-state index is -0.0372. The first-order valence-corrected chi connectivity index (χ1v) is 9.57. The van der Waals surface area contributed by atoms with E-state index in [1.54, 1.807) is 21.4 Å². The lowest BCUT2D eigenvalue weighted by atomic mass is 10.1. The van der Waals surface area contributed by atoms with Gasteiger partial charge in [0.05, 0.1) is 6.54 Å². The maximum Gasteiger partial charge on any atom is 0.346 e. The topological polar surface area (TPSA) is 60.0 Å². The summed E-state index contributed by atoms with van der Waals surface area (Å²) in [5.41, 5.74) is 3.34. The molecule has 1 heterocycles. The molecule has 0 amide bonds. The Labute approximate surface area is 159 Å². The van der Waals surface area contributed by atoms with Gasteiger partial charge in [-0.05, 0) is 49.4 Å². The van der Waals surface area contributed by atoms with Gasteiger partial charge in [-0.25, -0.2) is 9.48 Å². The summed E-state index contributed by atoms with van der Waals surface area (Å²) < 4.78 is 3.38. The molecular weight excluding hydrogens is 338 g/mol. The fourth-order valence-corrected chi connectivity index (χ4v) is 3.25. The molecule has 0 atom stereocenters. The van der Waals surface area contributed by atoms with Gasteiger partial charge in [-0.1, -0.05) is 48.9 Å². The Balaban J connectivity index is 1.73. The lowest BCUT2D eigenvalue weighted by Gasteiger charge is -2.04. The van der Waals surface area contributed by atoms with Crippen molar-refractivity contribution in [3.05, 3.63) is 81.5 Å². The highest BCUT2D eigenvalue weighted by molar-refractivity contribution is 5.27. The third-order valence-electron chi connectivity index (χ3n) is 4.68. The fourth-order valence-electron chi connectivity index (χ4n) is 3.25. The van der Waals surface area contributed by atoms with E-state index >= 15 is 0 Å². The van der Waals surface area contributed by atoms with Crippen molar-refractivity contribution >= 4 is 0 Å². The summed E-state index contributed by atoms with van der Waals surface area (Å²) >= 11 is 0. The number of rotatable bonds is 8. The average Bonchev–Trinajstić information content (AvgIpc) is 2.93. The zero-order chi connectivity index (χ0) is 19.2. The maximum atomic E-state index is 12.8. The zero-order valence-electron chi connectivity index (χ0n) is 16.1. The fraction of sp³-hybridized carbons (Fsp3) is 0.364. The van der Waals surface area contributed by atoms with E-state index in [4.69, 9.17) is 0 Å². The number of hydrogen-bond donors (Lipinski definition) is 1. The molecule has 0 aliphatic carbocycles. The van der Waals surface area contributed by atoms with Crippen molar-refractivity contribution in [3.8, 4) is 5.75 Å². The molecule has 0 spiro atoms. The Morgan fingerprint density at radius 2 is 1.81 bits per heavy atom. The summed E-state index contributed by atoms with van der Waals surface area (Å²) in [4.78, 5) is 12.8. The normalized spacial score (nSPS) is 11.0. The van der Waals surface area contributed by atoms with Gasteiger partial charge in [-0.3, -0.25) is 4.57 Å². The first-order chi connectivity index (χ1) is 13.1. The third kappa shape index (κ3) is 4.88. The molecule has 3 rings (SSSR count). The number of aromatic nitrogens is 3. The molecule has 1 aromatic heterocycles. The summed E-state index contributed by atoms with van der Waals surface area (Å²) in [6.45, 7) is 5.31. The lowest BCUT2D eigenvalue weighted by molar-refractivity contribution is 0.474. The molecule has 0 bridgehead atoms. The van der Waals surface area contributed by atoms with Crippen LogP contribution < -0.4 is 5.69 Å². The molecule has 0 radical (unpaired) electrons. The van der Waals surface area contributed by atoms with E-state index < -0.39 is 0 Å². The van der Waals surface area contributed by atoms with Gasteiger partial charge in [0.25, 0.3) is 0 Å². The van der Waals surface area contributed by atoms with Gasteiger partial charge in [-0.15, -0.1) is 0 Å². The van der Waals surface area contributed by atoms with E-state index in [0.29, 0.717) is 13.1 Å². The van der Waals surface area contributed by atoms with Crippen LogP contribution in [0.5, 0.6) is 5.75 Å². The van der Waals surface area contributed by atoms with E-state index in [-0.39, 0.29) is 11.4 Å². The molecule has 0 aliphatic rings. The van der Waals surface area contributed by atoms with E-state index in [2.05, 4.69) is 31.1 Å². The molecule has 2 aromatic carbocycles. The van der Waals surface area contributed by atoms with Crippen LogP contribution in [-0.4, -0.2) is 19.5 Å². The first-order valence-electron chi connectivity index (χ1n) is 9.57. The van der Waals surface area contributed by atoms with Crippen molar-refractivity contribution in [2.75, 3.05) is 0 Å². The van der Waals surface area contributed by atoms with E-state index in [1.807, 2.05) is 24.3 Å². The molecule has 5 heteroatoms. The first kappa shape index (κ1) is 19.0. The van der Waals surface area contributed by atoms with Gasteiger partial charge in [0, 0.05) is 13.0 Å². The van der Waals surface area contributed by atoms with Gasteiger partial charge in [-0.2, -0.15) is 5.10 Å². The summed E-state index contributed by atoms with van der Waals surface area (Å²) in [5, 5.41) is 14.2. The smallest absolute Gasteiger partial charge is 0.346 e. The predicted octanol–water partition coefficient (Wildman–Crippen LogP) is 3.69. The number of nitrogens with zero attached hydrogens (tertiary/aromatic N) is 3. The summed E-state index contributed by atoms with van der Waals surface area (Å²) in [5.74, 6) is 1.13. The van der Waals surface area contributed by atoms with Gasteiger partial charge in [0.2, 0.25) is 0 Å². The SMILES string of the molecule is CCCn1c(CCCc2cccc(O)c2)nn(Cc2ccc(C)cc2)c1=O. The molecule has 142 valence electrons. The van der Waals surface area contributed by atoms with E-state index in [1.165, 1.54) is 5.56 Å². The second-order valence-corrected chi connectivity index (χ2v) is 7.02. The van der Waals surface area contributed by atoms with Crippen molar-refractivity contribution in [1.29, 1.82) is 0 Å². The number of benzene rings is 2. The molecule has 27 heavy (non-hydrogen) atoms. The highest BCUT2D eigenvalue weighted by Gasteiger charge is 2.13. The number of phenols is 1. The van der Waals surface area contributed by atoms with Crippen LogP contribution in [0, 0.1) is 6.92 Å². The highest BCUT2D eigenvalue weighted by Crippen LogP contribution is 2.13. The summed E-state index contributed by atoms with van der Waals surface area (Å²) in [6, 6.07) is 15.5. The highest BCUT2D eigenvalue weighted by atomic mass is 16.3. The van der Waals surface area contributed by atoms with Crippen LogP contribution in [0.15, 0.2) is 53.3 Å². The van der Waals surface area contributed by atoms with Crippen molar-refractivity contribution < 1.29 is 5.11 Å². The second kappa shape index (κ2) is 8.71. The van der Waals surface area contributed by atoms with Crippen molar-refractivity contribution in [2.45, 2.75) is 52.6 Å². The van der Waals surface area contributed by atoms with E-state index in [9.17, 15) is 9.90 Å². The maximum absolute atomic E-state index is 12.8. The molecule has 3 aromatic rings. The molecule has 0 saturated carbocycles. The van der Waals surface area contributed by atoms with Gasteiger partial charge >= 0.3 is 5.69 Å². The van der Waals surface area contributed by atoms with Crippen LogP contribution in [0.1, 0.15) is 42.3 Å². The average molecular weight is 365 g/mol. The van der Waals surface area contributed by atoms with Crippen LogP contribution in [-0.2, 0) is 25.9 Å². The Bertz CT molecular complexity index is 939. The van der Waals surface area contributed by atoms with Crippen LogP contribution in [0.3, 0.4) is 0 Å². The number of aromatic hydroxyl groups is 1. The van der Waals surface area contributed by atoms with Crippen LogP contribution >= 0.6 is 0 Å². The largest absolute Gasteiger partial charge is 0.508 e. The standard InChI is InChI=1S/C22H27N3O2/c1-3-14-24-21(9-5-7-18-6-4-8-20(26)15-18)23-25(22(24)27)16-19-12-10-17(2)11-13-19/h4,6,8,10-13,15,26H,3,5,7,9,14,16H2,1-2H3. The van der Waals surface area contributed by atoms with Gasteiger partial charge in [0.15, 0.2) is 0 Å². The number of hydrogen-bond acceptors (Lipinski definition) is 3. The number of phenolic OH excluding ortho intramolecular Hbond substituents is 1. The Hall–Kier alpha value is -2.82. The van der Waals surface area contributed by atoms with Crippen LogP contribution in [0.25, 0.3) is 0 Å². The molecule has 0 saturated heterocycles. The van der Waals surface area contributed by atoms with Gasteiger partial charge < -0.3 is 5.11 Å². The minimum Gasteiger partial charge on any atom is -0.508 e. The summed E-state index contributed by atoms with van der Waals surface area (Å²) in [7, 11) is 0. The molecule has 0 unspecified atom stereocenters. The monoisotopic (exact) mass is 365 g/mol. The quantitative estimate of drug-likeness (QED) is 0.662. The van der Waals surface area contributed by atoms with Crippen molar-refractivity contribution in [1.82, 2.24) is 14.3 Å². The molecule has 1 N–H and O–H groups in total. The Morgan fingerprint density at radius 3 is 2.52 bits per heavy atom. The Morgan fingerprint density at radius 1 is 1.04 bits per heavy atom. The lowest BCUT2D eigenvalue weighted by Crippen LogP contribution is -2.26. The van der Waals surface area contributed by atoms with Crippen LogP contribution in [0.4, 0.5) is 0 Å². The molecule has 0 aliphatic heterocycles. The molecular formula is C22H27N3O2. The molecule has 5 nitrogen and oxygen atoms in total. The third-order valence-corrected chi connectivity index (χ3v) is 4.68. The van der Waals surface area contributed by atoms with E-state index in [0.717, 1.165) is 42.6 Å². The van der Waals surface area contributed by atoms with Crippen LogP contribution in [0.2, 0.25) is 0 Å². The van der Waals surface area contributed by atoms with Crippen molar-refractivity contribution in [2.24, 2.45) is 0 Å². The zero-order valence-corrected chi connectivity index (χ0v) is 16.1. The second-order valence-electron chi connectivity index (χ2n) is 7.02. The molecule has 0 fully saturated rings. The Kier molecular flexibility index (Phi) is 6.12. The number of aryl methyl sites for hydroxylation is 3. The minimum absolute atomic E-state index is 0.0372. The predicted molar refractivity (Wildman–Crippen MR) is 107 cm³/mol.